The van der Waals surface area contributed by atoms with Gasteiger partial charge in [0.2, 0.25) is 0 Å². The molecule has 0 bridgehead atoms. The highest BCUT2D eigenvalue weighted by molar-refractivity contribution is 5.95. The summed E-state index contributed by atoms with van der Waals surface area (Å²) < 4.78 is 5.22. The number of hydrogen-bond acceptors (Lipinski definition) is 5. The van der Waals surface area contributed by atoms with E-state index in [1.54, 1.807) is 13.0 Å². The monoisotopic (exact) mass is 357 g/mol. The first-order valence-electron chi connectivity index (χ1n) is 7.85. The molecule has 0 spiro atoms. The number of nitro groups is 1. The first-order valence-corrected chi connectivity index (χ1v) is 7.85. The smallest absolute Gasteiger partial charge is 0.311 e. The van der Waals surface area contributed by atoms with Crippen molar-refractivity contribution in [3.8, 4) is 5.75 Å². The van der Waals surface area contributed by atoms with Crippen LogP contribution in [0.25, 0.3) is 0 Å². The van der Waals surface area contributed by atoms with Crippen LogP contribution in [0.3, 0.4) is 0 Å². The number of ether oxygens (including phenoxy) is 1. The third-order valence-electron chi connectivity index (χ3n) is 4.20. The van der Waals surface area contributed by atoms with E-state index in [4.69, 9.17) is 4.74 Å². The van der Waals surface area contributed by atoms with Crippen molar-refractivity contribution in [3.05, 3.63) is 33.9 Å². The molecule has 0 saturated carbocycles. The zero-order chi connectivity index (χ0) is 16.9. The van der Waals surface area contributed by atoms with Gasteiger partial charge in [0, 0.05) is 18.2 Å². The largest absolute Gasteiger partial charge is 0.487 e. The Bertz CT molecular complexity index is 589. The zero-order valence-corrected chi connectivity index (χ0v) is 14.8. The maximum Gasteiger partial charge on any atom is 0.311 e. The van der Waals surface area contributed by atoms with E-state index in [1.807, 2.05) is 0 Å². The standard InChI is InChI=1S/C16H23N3O4.ClH/c1-3-23-14-5-4-12(10-13(14)19(21)22)15(20)18-11-16(2)6-8-17-9-7-16;/h4-5,10,17H,3,6-9,11H2,1-2H3,(H,18,20);1H. The van der Waals surface area contributed by atoms with Gasteiger partial charge in [0.1, 0.15) is 0 Å². The van der Waals surface area contributed by atoms with E-state index in [-0.39, 0.29) is 40.7 Å². The molecule has 134 valence electrons. The van der Waals surface area contributed by atoms with Crippen LogP contribution in [0.4, 0.5) is 5.69 Å². The van der Waals surface area contributed by atoms with Gasteiger partial charge in [-0.3, -0.25) is 14.9 Å². The van der Waals surface area contributed by atoms with Crippen molar-refractivity contribution in [1.82, 2.24) is 10.6 Å². The topological polar surface area (TPSA) is 93.5 Å². The van der Waals surface area contributed by atoms with Gasteiger partial charge in [-0.25, -0.2) is 0 Å². The molecular formula is C16H24ClN3O4. The van der Waals surface area contributed by atoms with Crippen molar-refractivity contribution >= 4 is 24.0 Å². The number of carbonyl (C=O) groups excluding carboxylic acids is 1. The van der Waals surface area contributed by atoms with Crippen molar-refractivity contribution in [3.63, 3.8) is 0 Å². The Morgan fingerprint density at radius 3 is 2.67 bits per heavy atom. The molecule has 1 aliphatic rings. The molecule has 24 heavy (non-hydrogen) atoms. The van der Waals surface area contributed by atoms with Crippen molar-refractivity contribution in [2.75, 3.05) is 26.2 Å². The van der Waals surface area contributed by atoms with E-state index in [0.717, 1.165) is 25.9 Å². The van der Waals surface area contributed by atoms with Gasteiger partial charge < -0.3 is 15.4 Å². The second-order valence-corrected chi connectivity index (χ2v) is 6.12. The van der Waals surface area contributed by atoms with Gasteiger partial charge in [0.15, 0.2) is 5.75 Å². The van der Waals surface area contributed by atoms with Crippen LogP contribution in [-0.2, 0) is 0 Å². The minimum atomic E-state index is -0.532. The third-order valence-corrected chi connectivity index (χ3v) is 4.20. The molecule has 2 N–H and O–H groups in total. The van der Waals surface area contributed by atoms with E-state index in [2.05, 4.69) is 17.6 Å². The number of hydrogen-bond donors (Lipinski definition) is 2. The van der Waals surface area contributed by atoms with Crippen LogP contribution in [0.2, 0.25) is 0 Å². The number of amides is 1. The lowest BCUT2D eigenvalue weighted by molar-refractivity contribution is -0.385. The van der Waals surface area contributed by atoms with Crippen LogP contribution in [0.15, 0.2) is 18.2 Å². The SMILES string of the molecule is CCOc1ccc(C(=O)NCC2(C)CCNCC2)cc1[N+](=O)[O-].Cl. The zero-order valence-electron chi connectivity index (χ0n) is 14.0. The average molecular weight is 358 g/mol. The Morgan fingerprint density at radius 1 is 1.42 bits per heavy atom. The van der Waals surface area contributed by atoms with E-state index < -0.39 is 4.92 Å². The average Bonchev–Trinajstić information content (AvgIpc) is 2.54. The summed E-state index contributed by atoms with van der Waals surface area (Å²) in [4.78, 5) is 22.9. The van der Waals surface area contributed by atoms with Crippen LogP contribution in [-0.4, -0.2) is 37.1 Å². The second-order valence-electron chi connectivity index (χ2n) is 6.12. The third kappa shape index (κ3) is 5.07. The van der Waals surface area contributed by atoms with Crippen LogP contribution in [0.1, 0.15) is 37.0 Å². The van der Waals surface area contributed by atoms with Crippen molar-refractivity contribution in [2.45, 2.75) is 26.7 Å². The fourth-order valence-electron chi connectivity index (χ4n) is 2.68. The molecule has 8 heteroatoms. The fourth-order valence-corrected chi connectivity index (χ4v) is 2.68. The van der Waals surface area contributed by atoms with E-state index in [1.165, 1.54) is 12.1 Å². The van der Waals surface area contributed by atoms with Gasteiger partial charge in [0.25, 0.3) is 5.91 Å². The quantitative estimate of drug-likeness (QED) is 0.602. The van der Waals surface area contributed by atoms with Crippen LogP contribution in [0, 0.1) is 15.5 Å². The van der Waals surface area contributed by atoms with Crippen molar-refractivity contribution < 1.29 is 14.5 Å². The van der Waals surface area contributed by atoms with E-state index in [9.17, 15) is 14.9 Å². The molecule has 1 amide bonds. The van der Waals surface area contributed by atoms with Crippen molar-refractivity contribution in [1.29, 1.82) is 0 Å². The van der Waals surface area contributed by atoms with Crippen LogP contribution in [0.5, 0.6) is 5.75 Å². The molecule has 2 rings (SSSR count). The Labute approximate surface area is 147 Å². The normalized spacial score (nSPS) is 15.9. The van der Waals surface area contributed by atoms with Gasteiger partial charge in [-0.15, -0.1) is 12.4 Å². The summed E-state index contributed by atoms with van der Waals surface area (Å²) >= 11 is 0. The lowest BCUT2D eigenvalue weighted by Gasteiger charge is -2.34. The number of nitro benzene ring substituents is 1. The highest BCUT2D eigenvalue weighted by Gasteiger charge is 2.27. The summed E-state index contributed by atoms with van der Waals surface area (Å²) in [7, 11) is 0. The molecular weight excluding hydrogens is 334 g/mol. The van der Waals surface area contributed by atoms with Gasteiger partial charge in [-0.2, -0.15) is 0 Å². The summed E-state index contributed by atoms with van der Waals surface area (Å²) in [5, 5.41) is 17.3. The first-order chi connectivity index (χ1) is 10.9. The van der Waals surface area contributed by atoms with E-state index in [0.29, 0.717) is 13.2 Å². The Kier molecular flexibility index (Phi) is 7.44. The maximum atomic E-state index is 12.3. The number of carbonyl (C=O) groups is 1. The Morgan fingerprint density at radius 2 is 2.08 bits per heavy atom. The molecule has 0 radical (unpaired) electrons. The number of nitrogens with one attached hydrogen (secondary N) is 2. The minimum absolute atomic E-state index is 0. The van der Waals surface area contributed by atoms with Gasteiger partial charge >= 0.3 is 5.69 Å². The summed E-state index contributed by atoms with van der Waals surface area (Å²) in [6.07, 6.45) is 1.99. The molecule has 1 aliphatic heterocycles. The second kappa shape index (κ2) is 8.84. The molecule has 0 unspecified atom stereocenters. The van der Waals surface area contributed by atoms with Crippen LogP contribution >= 0.6 is 12.4 Å². The molecule has 7 nitrogen and oxygen atoms in total. The molecule has 1 saturated heterocycles. The first kappa shape index (κ1) is 20.2. The molecule has 1 heterocycles. The molecule has 1 aromatic rings. The summed E-state index contributed by atoms with van der Waals surface area (Å²) in [6.45, 7) is 6.69. The fraction of sp³-hybridized carbons (Fsp3) is 0.562. The van der Waals surface area contributed by atoms with Gasteiger partial charge in [-0.1, -0.05) is 6.92 Å². The highest BCUT2D eigenvalue weighted by atomic mass is 35.5. The number of nitrogens with zero attached hydrogens (tertiary/aromatic N) is 1. The summed E-state index contributed by atoms with van der Waals surface area (Å²) in [6, 6.07) is 4.30. The Balaban J connectivity index is 0.00000288. The number of piperidine rings is 1. The molecule has 0 atom stereocenters. The van der Waals surface area contributed by atoms with Crippen molar-refractivity contribution in [2.24, 2.45) is 5.41 Å². The molecule has 1 fully saturated rings. The minimum Gasteiger partial charge on any atom is -0.487 e. The Hall–Kier alpha value is -1.86. The van der Waals surface area contributed by atoms with E-state index >= 15 is 0 Å². The lowest BCUT2D eigenvalue weighted by Crippen LogP contribution is -2.42. The van der Waals surface area contributed by atoms with Gasteiger partial charge in [0.05, 0.1) is 11.5 Å². The maximum absolute atomic E-state index is 12.3. The predicted octanol–water partition coefficient (Wildman–Crippen LogP) is 2.53. The number of halogens is 1. The number of rotatable bonds is 6. The number of benzene rings is 1. The molecule has 0 aromatic heterocycles. The highest BCUT2D eigenvalue weighted by Crippen LogP contribution is 2.29. The van der Waals surface area contributed by atoms with Gasteiger partial charge in [-0.05, 0) is 50.4 Å². The summed E-state index contributed by atoms with van der Waals surface area (Å²) in [5.41, 5.74) is 0.156. The lowest BCUT2D eigenvalue weighted by atomic mass is 9.81. The molecule has 1 aromatic carbocycles. The predicted molar refractivity (Wildman–Crippen MR) is 94.1 cm³/mol. The van der Waals surface area contributed by atoms with Crippen LogP contribution < -0.4 is 15.4 Å². The molecule has 0 aliphatic carbocycles. The summed E-state index contributed by atoms with van der Waals surface area (Å²) in [5.74, 6) is -0.115.